The van der Waals surface area contributed by atoms with E-state index < -0.39 is 17.8 Å². The standard InChI is InChI=1S/C23H16F3N5O2.C2H6/c1-14(32)15-4-2-5-16(10-15)22(33)29-21-8-7-18(13-28-21)31-20(23(24,25)26)11-19(30-31)17-6-3-9-27-12-17;1-2/h2-13H,1H3,(H,28,29,33);1-2H3. The number of aromatic nitrogens is 4. The SMILES string of the molecule is CC.CC(=O)c1cccc(C(=O)Nc2ccc(-n3nc(-c4cccnc4)cc3C(F)(F)F)cn2)c1. The molecule has 0 bridgehead atoms. The van der Waals surface area contributed by atoms with Gasteiger partial charge in [-0.2, -0.15) is 18.3 Å². The number of hydrogen-bond donors (Lipinski definition) is 1. The summed E-state index contributed by atoms with van der Waals surface area (Å²) in [5, 5.41) is 6.64. The number of halogens is 3. The number of carbonyl (C=O) groups excluding carboxylic acids is 2. The predicted molar refractivity (Wildman–Crippen MR) is 125 cm³/mol. The van der Waals surface area contributed by atoms with Crippen LogP contribution in [0.25, 0.3) is 16.9 Å². The van der Waals surface area contributed by atoms with Gasteiger partial charge in [0.15, 0.2) is 5.78 Å². The third-order valence-electron chi connectivity index (χ3n) is 4.72. The third kappa shape index (κ3) is 5.97. The fraction of sp³-hybridized carbons (Fsp3) is 0.160. The van der Waals surface area contributed by atoms with Crippen LogP contribution in [0.2, 0.25) is 0 Å². The summed E-state index contributed by atoms with van der Waals surface area (Å²) >= 11 is 0. The van der Waals surface area contributed by atoms with Crippen molar-refractivity contribution in [1.82, 2.24) is 19.7 Å². The Balaban J connectivity index is 0.00000167. The number of alkyl halides is 3. The van der Waals surface area contributed by atoms with Crippen LogP contribution in [0, 0.1) is 0 Å². The number of amides is 1. The molecule has 3 heterocycles. The summed E-state index contributed by atoms with van der Waals surface area (Å²) in [7, 11) is 0. The van der Waals surface area contributed by atoms with E-state index in [-0.39, 0.29) is 28.5 Å². The van der Waals surface area contributed by atoms with Crippen molar-refractivity contribution in [3.8, 4) is 16.9 Å². The molecule has 1 aromatic carbocycles. The summed E-state index contributed by atoms with van der Waals surface area (Å²) in [5.74, 6) is -0.560. The fourth-order valence-corrected chi connectivity index (χ4v) is 3.09. The minimum absolute atomic E-state index is 0.0639. The molecule has 4 aromatic rings. The Kier molecular flexibility index (Phi) is 7.75. The van der Waals surface area contributed by atoms with Crippen LogP contribution in [0.1, 0.15) is 47.2 Å². The van der Waals surface area contributed by atoms with E-state index >= 15 is 0 Å². The number of nitrogens with zero attached hydrogens (tertiary/aromatic N) is 4. The molecule has 0 fully saturated rings. The van der Waals surface area contributed by atoms with Gasteiger partial charge in [-0.15, -0.1) is 0 Å². The first-order valence-electron chi connectivity index (χ1n) is 10.7. The molecule has 0 aliphatic heterocycles. The van der Waals surface area contributed by atoms with Crippen LogP contribution in [-0.4, -0.2) is 31.4 Å². The molecule has 4 rings (SSSR count). The van der Waals surface area contributed by atoms with Crippen molar-refractivity contribution in [3.05, 3.63) is 90.0 Å². The van der Waals surface area contributed by atoms with Crippen LogP contribution in [-0.2, 0) is 6.18 Å². The average molecular weight is 481 g/mol. The molecule has 0 spiro atoms. The lowest BCUT2D eigenvalue weighted by molar-refractivity contribution is -0.142. The molecule has 0 aliphatic carbocycles. The summed E-state index contributed by atoms with van der Waals surface area (Å²) in [6, 6.07) is 13.0. The monoisotopic (exact) mass is 481 g/mol. The number of hydrogen-bond acceptors (Lipinski definition) is 5. The van der Waals surface area contributed by atoms with E-state index in [0.717, 1.165) is 10.7 Å². The average Bonchev–Trinajstić information content (AvgIpc) is 3.33. The number of nitrogens with one attached hydrogen (secondary N) is 1. The van der Waals surface area contributed by atoms with Gasteiger partial charge in [0.05, 0.1) is 17.6 Å². The second-order valence-electron chi connectivity index (χ2n) is 7.06. The van der Waals surface area contributed by atoms with E-state index in [0.29, 0.717) is 11.1 Å². The minimum Gasteiger partial charge on any atom is -0.307 e. The number of Topliss-reactive ketones (excluding diaryl/α,β-unsaturated/α-hetero) is 1. The molecule has 1 N–H and O–H groups in total. The van der Waals surface area contributed by atoms with E-state index in [9.17, 15) is 22.8 Å². The van der Waals surface area contributed by atoms with Crippen molar-refractivity contribution < 1.29 is 22.8 Å². The molecular weight excluding hydrogens is 459 g/mol. The second kappa shape index (κ2) is 10.7. The van der Waals surface area contributed by atoms with Crippen molar-refractivity contribution in [2.45, 2.75) is 26.9 Å². The van der Waals surface area contributed by atoms with Crippen LogP contribution >= 0.6 is 0 Å². The van der Waals surface area contributed by atoms with E-state index in [1.807, 2.05) is 13.8 Å². The van der Waals surface area contributed by atoms with Gasteiger partial charge in [0.2, 0.25) is 0 Å². The molecular formula is C25H22F3N5O2. The molecule has 35 heavy (non-hydrogen) atoms. The van der Waals surface area contributed by atoms with Crippen molar-refractivity contribution in [1.29, 1.82) is 0 Å². The molecule has 0 saturated carbocycles. The second-order valence-corrected chi connectivity index (χ2v) is 7.06. The Labute approximate surface area is 199 Å². The van der Waals surface area contributed by atoms with Gasteiger partial charge < -0.3 is 5.32 Å². The smallest absolute Gasteiger partial charge is 0.307 e. The fourth-order valence-electron chi connectivity index (χ4n) is 3.09. The van der Waals surface area contributed by atoms with Crippen LogP contribution in [0.5, 0.6) is 0 Å². The molecule has 3 aromatic heterocycles. The first-order valence-corrected chi connectivity index (χ1v) is 10.7. The molecule has 0 radical (unpaired) electrons. The highest BCUT2D eigenvalue weighted by Gasteiger charge is 2.36. The maximum Gasteiger partial charge on any atom is 0.433 e. The number of rotatable bonds is 5. The number of anilines is 1. The van der Waals surface area contributed by atoms with Gasteiger partial charge in [-0.25, -0.2) is 9.67 Å². The lowest BCUT2D eigenvalue weighted by Gasteiger charge is -2.11. The highest BCUT2D eigenvalue weighted by Crippen LogP contribution is 2.34. The summed E-state index contributed by atoms with van der Waals surface area (Å²) in [6.07, 6.45) is -0.539. The topological polar surface area (TPSA) is 89.8 Å². The Hall–Kier alpha value is -4.34. The Morgan fingerprint density at radius 2 is 1.69 bits per heavy atom. The van der Waals surface area contributed by atoms with Gasteiger partial charge in [0, 0.05) is 29.1 Å². The summed E-state index contributed by atoms with van der Waals surface area (Å²) in [6.45, 7) is 5.39. The molecule has 7 nitrogen and oxygen atoms in total. The zero-order valence-electron chi connectivity index (χ0n) is 19.2. The number of ketones is 1. The van der Waals surface area contributed by atoms with Crippen LogP contribution in [0.4, 0.5) is 19.0 Å². The zero-order chi connectivity index (χ0) is 25.6. The number of benzene rings is 1. The molecule has 1 amide bonds. The van der Waals surface area contributed by atoms with Gasteiger partial charge >= 0.3 is 6.18 Å². The van der Waals surface area contributed by atoms with Crippen LogP contribution < -0.4 is 5.32 Å². The molecule has 0 atom stereocenters. The van der Waals surface area contributed by atoms with Crippen LogP contribution in [0.15, 0.2) is 73.2 Å². The Morgan fingerprint density at radius 1 is 0.943 bits per heavy atom. The highest BCUT2D eigenvalue weighted by atomic mass is 19.4. The van der Waals surface area contributed by atoms with Gasteiger partial charge in [0.25, 0.3) is 5.91 Å². The minimum atomic E-state index is -4.65. The Bertz CT molecular complexity index is 1320. The first kappa shape index (κ1) is 25.3. The summed E-state index contributed by atoms with van der Waals surface area (Å²) < 4.78 is 41.6. The van der Waals surface area contributed by atoms with Gasteiger partial charge in [-0.1, -0.05) is 26.0 Å². The van der Waals surface area contributed by atoms with E-state index in [1.165, 1.54) is 49.8 Å². The molecule has 180 valence electrons. The molecule has 0 saturated heterocycles. The largest absolute Gasteiger partial charge is 0.433 e. The summed E-state index contributed by atoms with van der Waals surface area (Å²) in [5.41, 5.74) is 0.273. The third-order valence-corrected chi connectivity index (χ3v) is 4.72. The van der Waals surface area contributed by atoms with Gasteiger partial charge in [-0.3, -0.25) is 14.6 Å². The first-order chi connectivity index (χ1) is 16.7. The van der Waals surface area contributed by atoms with Crippen molar-refractivity contribution >= 4 is 17.5 Å². The molecule has 0 aliphatic rings. The lowest BCUT2D eigenvalue weighted by atomic mass is 10.1. The van der Waals surface area contributed by atoms with E-state index in [2.05, 4.69) is 20.4 Å². The van der Waals surface area contributed by atoms with Crippen LogP contribution in [0.3, 0.4) is 0 Å². The van der Waals surface area contributed by atoms with Gasteiger partial charge in [-0.05, 0) is 49.4 Å². The Morgan fingerprint density at radius 3 is 2.29 bits per heavy atom. The molecule has 10 heteroatoms. The maximum absolute atomic E-state index is 13.6. The van der Waals surface area contributed by atoms with E-state index in [1.54, 1.807) is 24.3 Å². The number of pyridine rings is 2. The van der Waals surface area contributed by atoms with Crippen molar-refractivity contribution in [2.24, 2.45) is 0 Å². The maximum atomic E-state index is 13.6. The lowest BCUT2D eigenvalue weighted by Crippen LogP contribution is -2.15. The van der Waals surface area contributed by atoms with Crippen molar-refractivity contribution in [3.63, 3.8) is 0 Å². The molecule has 0 unspecified atom stereocenters. The quantitative estimate of drug-likeness (QED) is 0.362. The highest BCUT2D eigenvalue weighted by molar-refractivity contribution is 6.05. The van der Waals surface area contributed by atoms with E-state index in [4.69, 9.17) is 0 Å². The number of carbonyl (C=O) groups is 2. The normalized spacial score (nSPS) is 10.8. The van der Waals surface area contributed by atoms with Gasteiger partial charge in [0.1, 0.15) is 11.5 Å². The summed E-state index contributed by atoms with van der Waals surface area (Å²) in [4.78, 5) is 31.9. The zero-order valence-corrected chi connectivity index (χ0v) is 19.2. The van der Waals surface area contributed by atoms with Crippen molar-refractivity contribution in [2.75, 3.05) is 5.32 Å². The predicted octanol–water partition coefficient (Wildman–Crippen LogP) is 5.83.